The summed E-state index contributed by atoms with van der Waals surface area (Å²) in [6.07, 6.45) is 0.595. The highest BCUT2D eigenvalue weighted by Gasteiger charge is 2.10. The Bertz CT molecular complexity index is 1570. The van der Waals surface area contributed by atoms with E-state index in [0.717, 1.165) is 38.4 Å². The zero-order chi connectivity index (χ0) is 24.9. The van der Waals surface area contributed by atoms with Crippen LogP contribution in [-0.4, -0.2) is 34.3 Å². The van der Waals surface area contributed by atoms with E-state index < -0.39 is 0 Å². The maximum absolute atomic E-state index is 12.5. The maximum Gasteiger partial charge on any atom is 0.267 e. The first-order valence-electron chi connectivity index (χ1n) is 11.5. The zero-order valence-corrected chi connectivity index (χ0v) is 20.5. The molecular weight excluding hydrogens is 472 g/mol. The van der Waals surface area contributed by atoms with E-state index in [2.05, 4.69) is 15.4 Å². The summed E-state index contributed by atoms with van der Waals surface area (Å²) in [6, 6.07) is 25.0. The van der Waals surface area contributed by atoms with Crippen LogP contribution >= 0.6 is 11.3 Å². The fourth-order valence-corrected chi connectivity index (χ4v) is 4.74. The number of rotatable bonds is 8. The molecule has 0 atom stereocenters. The van der Waals surface area contributed by atoms with Gasteiger partial charge in [0.05, 0.1) is 18.5 Å². The molecule has 2 heterocycles. The smallest absolute Gasteiger partial charge is 0.267 e. The van der Waals surface area contributed by atoms with Gasteiger partial charge in [-0.2, -0.15) is 5.10 Å². The summed E-state index contributed by atoms with van der Waals surface area (Å²) < 4.78 is 6.40. The van der Waals surface area contributed by atoms with Crippen LogP contribution in [0.4, 0.5) is 0 Å². The van der Waals surface area contributed by atoms with Crippen LogP contribution in [0.1, 0.15) is 5.69 Å². The van der Waals surface area contributed by atoms with E-state index in [1.807, 2.05) is 72.1 Å². The number of thiazole rings is 1. The Balaban J connectivity index is 1.19. The third-order valence-electron chi connectivity index (χ3n) is 5.80. The van der Waals surface area contributed by atoms with Gasteiger partial charge in [0.1, 0.15) is 17.3 Å². The summed E-state index contributed by atoms with van der Waals surface area (Å²) in [5, 5.41) is 12.4. The molecule has 0 radical (unpaired) electrons. The van der Waals surface area contributed by atoms with E-state index >= 15 is 0 Å². The van der Waals surface area contributed by atoms with Crippen molar-refractivity contribution in [2.24, 2.45) is 0 Å². The Morgan fingerprint density at radius 1 is 0.972 bits per heavy atom. The molecule has 0 aliphatic rings. The Morgan fingerprint density at radius 3 is 2.56 bits per heavy atom. The van der Waals surface area contributed by atoms with E-state index in [1.54, 1.807) is 24.5 Å². The number of hydrogen-bond donors (Lipinski definition) is 1. The lowest BCUT2D eigenvalue weighted by molar-refractivity contribution is -0.121. The van der Waals surface area contributed by atoms with Gasteiger partial charge in [-0.3, -0.25) is 9.59 Å². The molecule has 8 heteroatoms. The number of nitrogens with zero attached hydrogens (tertiary/aromatic N) is 3. The number of nitrogens with one attached hydrogen (secondary N) is 1. The summed E-state index contributed by atoms with van der Waals surface area (Å²) in [6.45, 7) is 0.276. The van der Waals surface area contributed by atoms with E-state index in [-0.39, 0.29) is 18.0 Å². The Kier molecular flexibility index (Phi) is 6.86. The van der Waals surface area contributed by atoms with Crippen molar-refractivity contribution in [3.63, 3.8) is 0 Å². The largest absolute Gasteiger partial charge is 0.497 e. The summed E-state index contributed by atoms with van der Waals surface area (Å²) >= 11 is 1.56. The van der Waals surface area contributed by atoms with E-state index in [9.17, 15) is 9.59 Å². The van der Waals surface area contributed by atoms with Crippen molar-refractivity contribution >= 4 is 28.0 Å². The second-order valence-electron chi connectivity index (χ2n) is 8.25. The number of carbonyl (C=O) groups is 1. The number of amides is 1. The van der Waals surface area contributed by atoms with Crippen molar-refractivity contribution in [2.75, 3.05) is 13.7 Å². The number of carbonyl (C=O) groups excluding carboxylic acids is 1. The van der Waals surface area contributed by atoms with Crippen molar-refractivity contribution in [3.8, 4) is 27.6 Å². The SMILES string of the molecule is COc1ccc(-c2nc(CCNC(=O)Cn3nc(-c4ccc5ccccc5c4)ccc3=O)cs2)cc1. The lowest BCUT2D eigenvalue weighted by Gasteiger charge is -2.09. The molecule has 2 aromatic heterocycles. The summed E-state index contributed by atoms with van der Waals surface area (Å²) in [4.78, 5) is 29.5. The molecule has 1 N–H and O–H groups in total. The van der Waals surface area contributed by atoms with Crippen LogP contribution in [0, 0.1) is 0 Å². The molecule has 5 rings (SSSR count). The van der Waals surface area contributed by atoms with Gasteiger partial charge >= 0.3 is 0 Å². The van der Waals surface area contributed by atoms with Gasteiger partial charge in [-0.15, -0.1) is 11.3 Å². The van der Waals surface area contributed by atoms with Crippen molar-refractivity contribution in [3.05, 3.63) is 100 Å². The number of fused-ring (bicyclic) bond motifs is 1. The Labute approximate surface area is 212 Å². The highest BCUT2D eigenvalue weighted by molar-refractivity contribution is 7.13. The normalized spacial score (nSPS) is 10.9. The van der Waals surface area contributed by atoms with Gasteiger partial charge in [0.2, 0.25) is 5.91 Å². The minimum atomic E-state index is -0.321. The molecule has 0 saturated carbocycles. The number of methoxy groups -OCH3 is 1. The predicted molar refractivity (Wildman–Crippen MR) is 142 cm³/mol. The molecule has 0 spiro atoms. The highest BCUT2D eigenvalue weighted by atomic mass is 32.1. The fourth-order valence-electron chi connectivity index (χ4n) is 3.87. The van der Waals surface area contributed by atoms with Crippen molar-refractivity contribution in [1.29, 1.82) is 0 Å². The molecule has 36 heavy (non-hydrogen) atoms. The van der Waals surface area contributed by atoms with Crippen LogP contribution in [0.3, 0.4) is 0 Å². The third-order valence-corrected chi connectivity index (χ3v) is 6.74. The van der Waals surface area contributed by atoms with Crippen LogP contribution in [0.2, 0.25) is 0 Å². The van der Waals surface area contributed by atoms with Gasteiger partial charge < -0.3 is 10.1 Å². The number of aromatic nitrogens is 3. The van der Waals surface area contributed by atoms with Crippen molar-refractivity contribution in [1.82, 2.24) is 20.1 Å². The fraction of sp³-hybridized carbons (Fsp3) is 0.143. The van der Waals surface area contributed by atoms with Gasteiger partial charge in [-0.05, 0) is 47.2 Å². The minimum Gasteiger partial charge on any atom is -0.497 e. The average Bonchev–Trinajstić information content (AvgIpc) is 3.38. The van der Waals surface area contributed by atoms with Crippen LogP contribution in [0.25, 0.3) is 32.6 Å². The number of benzene rings is 3. The number of ether oxygens (including phenoxy) is 1. The summed E-state index contributed by atoms with van der Waals surface area (Å²) in [5.74, 6) is 0.528. The Hall–Kier alpha value is -4.30. The molecule has 3 aromatic carbocycles. The first kappa shape index (κ1) is 23.4. The van der Waals surface area contributed by atoms with E-state index in [0.29, 0.717) is 18.7 Å². The van der Waals surface area contributed by atoms with Crippen LogP contribution < -0.4 is 15.6 Å². The van der Waals surface area contributed by atoms with Gasteiger partial charge in [-0.25, -0.2) is 9.67 Å². The zero-order valence-electron chi connectivity index (χ0n) is 19.7. The molecule has 0 unspecified atom stereocenters. The lowest BCUT2D eigenvalue weighted by Crippen LogP contribution is -2.34. The van der Waals surface area contributed by atoms with Gasteiger partial charge in [-0.1, -0.05) is 36.4 Å². The van der Waals surface area contributed by atoms with Crippen LogP contribution in [0.15, 0.2) is 89.0 Å². The van der Waals surface area contributed by atoms with Gasteiger partial charge in [0, 0.05) is 35.5 Å². The molecule has 7 nitrogen and oxygen atoms in total. The number of hydrogen-bond acceptors (Lipinski definition) is 6. The monoisotopic (exact) mass is 496 g/mol. The summed E-state index contributed by atoms with van der Waals surface area (Å²) in [7, 11) is 1.64. The molecule has 0 aliphatic carbocycles. The van der Waals surface area contributed by atoms with E-state index in [1.165, 1.54) is 10.7 Å². The van der Waals surface area contributed by atoms with Crippen molar-refractivity contribution < 1.29 is 9.53 Å². The molecule has 0 saturated heterocycles. The second-order valence-corrected chi connectivity index (χ2v) is 9.11. The first-order valence-corrected chi connectivity index (χ1v) is 12.4. The summed E-state index contributed by atoms with van der Waals surface area (Å²) in [5.41, 5.74) is 3.13. The first-order chi connectivity index (χ1) is 17.6. The van der Waals surface area contributed by atoms with E-state index in [4.69, 9.17) is 4.74 Å². The molecule has 0 aliphatic heterocycles. The molecule has 0 fully saturated rings. The predicted octanol–water partition coefficient (Wildman–Crippen LogP) is 4.55. The lowest BCUT2D eigenvalue weighted by atomic mass is 10.1. The molecule has 5 aromatic rings. The van der Waals surface area contributed by atoms with Crippen LogP contribution in [0.5, 0.6) is 5.75 Å². The van der Waals surface area contributed by atoms with Crippen LogP contribution in [-0.2, 0) is 17.8 Å². The Morgan fingerprint density at radius 2 is 1.75 bits per heavy atom. The standard InChI is InChI=1S/C28H24N4O3S/c1-35-24-10-8-20(9-11-24)28-30-23(18-36-28)14-15-29-26(33)17-32-27(34)13-12-25(31-32)22-7-6-19-4-2-3-5-21(19)16-22/h2-13,16,18H,14-15,17H2,1H3,(H,29,33). The molecule has 0 bridgehead atoms. The molecule has 180 valence electrons. The highest BCUT2D eigenvalue weighted by Crippen LogP contribution is 2.26. The molecular formula is C28H24N4O3S. The van der Waals surface area contributed by atoms with Gasteiger partial charge in [0.25, 0.3) is 5.56 Å². The second kappa shape index (κ2) is 10.5. The average molecular weight is 497 g/mol. The van der Waals surface area contributed by atoms with Crippen molar-refractivity contribution in [2.45, 2.75) is 13.0 Å². The quantitative estimate of drug-likeness (QED) is 0.341. The maximum atomic E-state index is 12.5. The topological polar surface area (TPSA) is 86.1 Å². The molecule has 1 amide bonds. The third kappa shape index (κ3) is 5.34. The van der Waals surface area contributed by atoms with Gasteiger partial charge in [0.15, 0.2) is 0 Å². The minimum absolute atomic E-state index is 0.144.